The molecule has 1 rings (SSSR count). The predicted molar refractivity (Wildman–Crippen MR) is 40.0 cm³/mol. The Labute approximate surface area is 61.1 Å². The van der Waals surface area contributed by atoms with E-state index in [4.69, 9.17) is 0 Å². The summed E-state index contributed by atoms with van der Waals surface area (Å²) in [6.07, 6.45) is -0.352. The molecule has 0 radical (unpaired) electrons. The summed E-state index contributed by atoms with van der Waals surface area (Å²) in [5.41, 5.74) is 0.470. The Morgan fingerprint density at radius 1 is 1.50 bits per heavy atom. The molecule has 3 nitrogen and oxygen atoms in total. The Hall–Kier alpha value is -0.860. The second-order valence-corrected chi connectivity index (χ2v) is 1.79. The molecule has 0 fully saturated rings. The molecule has 0 bridgehead atoms. The summed E-state index contributed by atoms with van der Waals surface area (Å²) >= 11 is 0. The van der Waals surface area contributed by atoms with Gasteiger partial charge >= 0.3 is 0 Å². The third-order valence-corrected chi connectivity index (χ3v) is 1.07. The summed E-state index contributed by atoms with van der Waals surface area (Å²) in [6, 6.07) is 0. The molecule has 0 N–H and O–H groups in total. The molecule has 0 aromatic heterocycles. The standard InChI is InChI=1S/C5H7NO2.C2H6/c1-3-5(7)4(2)8-6-3;1-2/h4H,1-2H3;1-2H3. The van der Waals surface area contributed by atoms with Gasteiger partial charge in [0.2, 0.25) is 5.78 Å². The van der Waals surface area contributed by atoms with E-state index in [9.17, 15) is 4.79 Å². The number of carbonyl (C=O) groups excluding carboxylic acids is 1. The van der Waals surface area contributed by atoms with Crippen molar-refractivity contribution in [3.63, 3.8) is 0 Å². The molecule has 1 aliphatic rings. The number of carbonyl (C=O) groups is 1. The minimum Gasteiger partial charge on any atom is -0.384 e. The molecule has 1 aliphatic heterocycles. The molecular weight excluding hydrogens is 130 g/mol. The second-order valence-electron chi connectivity index (χ2n) is 1.79. The number of ketones is 1. The predicted octanol–water partition coefficient (Wildman–Crippen LogP) is 1.38. The Balaban J connectivity index is 0.000000371. The topological polar surface area (TPSA) is 38.7 Å². The molecule has 3 heteroatoms. The van der Waals surface area contributed by atoms with Gasteiger partial charge < -0.3 is 4.84 Å². The van der Waals surface area contributed by atoms with Crippen LogP contribution >= 0.6 is 0 Å². The summed E-state index contributed by atoms with van der Waals surface area (Å²) in [7, 11) is 0. The van der Waals surface area contributed by atoms with Crippen LogP contribution in [0.5, 0.6) is 0 Å². The molecule has 10 heavy (non-hydrogen) atoms. The molecule has 1 heterocycles. The Bertz CT molecular complexity index is 152. The van der Waals surface area contributed by atoms with Crippen LogP contribution in [-0.2, 0) is 9.63 Å². The van der Waals surface area contributed by atoms with Crippen molar-refractivity contribution in [3.8, 4) is 0 Å². The highest BCUT2D eigenvalue weighted by Gasteiger charge is 2.23. The van der Waals surface area contributed by atoms with Gasteiger partial charge in [0.15, 0.2) is 6.10 Å². The van der Waals surface area contributed by atoms with Gasteiger partial charge in [-0.3, -0.25) is 4.79 Å². The first kappa shape index (κ1) is 9.14. The van der Waals surface area contributed by atoms with Crippen molar-refractivity contribution in [2.45, 2.75) is 33.8 Å². The van der Waals surface area contributed by atoms with Crippen molar-refractivity contribution in [2.75, 3.05) is 0 Å². The first-order valence-electron chi connectivity index (χ1n) is 3.46. The van der Waals surface area contributed by atoms with Gasteiger partial charge in [-0.1, -0.05) is 19.0 Å². The maximum Gasteiger partial charge on any atom is 0.223 e. The van der Waals surface area contributed by atoms with Gasteiger partial charge in [-0.05, 0) is 13.8 Å². The Morgan fingerprint density at radius 2 is 2.00 bits per heavy atom. The minimum absolute atomic E-state index is 0.00926. The molecule has 58 valence electrons. The van der Waals surface area contributed by atoms with Crippen LogP contribution in [0, 0.1) is 0 Å². The average Bonchev–Trinajstić information content (AvgIpc) is 2.25. The Morgan fingerprint density at radius 3 is 2.10 bits per heavy atom. The van der Waals surface area contributed by atoms with Crippen LogP contribution in [0.15, 0.2) is 5.16 Å². The molecule has 0 amide bonds. The normalized spacial score (nSPS) is 22.6. The fraction of sp³-hybridized carbons (Fsp3) is 0.714. The summed E-state index contributed by atoms with van der Waals surface area (Å²) in [5, 5.41) is 3.47. The zero-order chi connectivity index (χ0) is 8.15. The highest BCUT2D eigenvalue weighted by Crippen LogP contribution is 2.03. The molecule has 0 aliphatic carbocycles. The van der Waals surface area contributed by atoms with Crippen LogP contribution in [0.1, 0.15) is 27.7 Å². The molecule has 0 saturated heterocycles. The number of rotatable bonds is 0. The maximum absolute atomic E-state index is 10.6. The number of nitrogens with zero attached hydrogens (tertiary/aromatic N) is 1. The number of hydrogen-bond acceptors (Lipinski definition) is 3. The van der Waals surface area contributed by atoms with Crippen LogP contribution < -0.4 is 0 Å². The highest BCUT2D eigenvalue weighted by molar-refractivity contribution is 6.41. The first-order valence-corrected chi connectivity index (χ1v) is 3.46. The van der Waals surface area contributed by atoms with Gasteiger partial charge in [-0.2, -0.15) is 0 Å². The van der Waals surface area contributed by atoms with Crippen LogP contribution in [0.4, 0.5) is 0 Å². The van der Waals surface area contributed by atoms with Crippen LogP contribution in [0.25, 0.3) is 0 Å². The van der Waals surface area contributed by atoms with Gasteiger partial charge in [0.05, 0.1) is 0 Å². The average molecular weight is 143 g/mol. The van der Waals surface area contributed by atoms with E-state index in [0.29, 0.717) is 5.71 Å². The monoisotopic (exact) mass is 143 g/mol. The van der Waals surface area contributed by atoms with E-state index in [0.717, 1.165) is 0 Å². The van der Waals surface area contributed by atoms with E-state index < -0.39 is 0 Å². The zero-order valence-corrected chi connectivity index (χ0v) is 6.84. The molecule has 0 aromatic carbocycles. The lowest BCUT2D eigenvalue weighted by molar-refractivity contribution is -0.119. The minimum atomic E-state index is -0.352. The zero-order valence-electron chi connectivity index (χ0n) is 6.84. The van der Waals surface area contributed by atoms with Gasteiger partial charge in [0.1, 0.15) is 5.71 Å². The fourth-order valence-corrected chi connectivity index (χ4v) is 0.545. The quantitative estimate of drug-likeness (QED) is 0.513. The van der Waals surface area contributed by atoms with Crippen molar-refractivity contribution in [3.05, 3.63) is 0 Å². The van der Waals surface area contributed by atoms with Crippen molar-refractivity contribution in [2.24, 2.45) is 5.16 Å². The molecule has 1 unspecified atom stereocenters. The van der Waals surface area contributed by atoms with E-state index in [1.165, 1.54) is 0 Å². The smallest absolute Gasteiger partial charge is 0.223 e. The van der Waals surface area contributed by atoms with Crippen molar-refractivity contribution in [1.82, 2.24) is 0 Å². The van der Waals surface area contributed by atoms with E-state index >= 15 is 0 Å². The Kier molecular flexibility index (Phi) is 3.69. The van der Waals surface area contributed by atoms with Gasteiger partial charge in [0.25, 0.3) is 0 Å². The fourth-order valence-electron chi connectivity index (χ4n) is 0.545. The van der Waals surface area contributed by atoms with Crippen molar-refractivity contribution < 1.29 is 9.63 Å². The van der Waals surface area contributed by atoms with Gasteiger partial charge in [0, 0.05) is 0 Å². The lowest BCUT2D eigenvalue weighted by atomic mass is 10.2. The lowest BCUT2D eigenvalue weighted by Gasteiger charge is -1.92. The highest BCUT2D eigenvalue weighted by atomic mass is 16.6. The molecule has 0 saturated carbocycles. The SMILES string of the molecule is CC.CC1=NOC(C)C1=O. The summed E-state index contributed by atoms with van der Waals surface area (Å²) < 4.78 is 0. The molecular formula is C7H13NO2. The lowest BCUT2D eigenvalue weighted by Crippen LogP contribution is -2.16. The van der Waals surface area contributed by atoms with E-state index in [1.807, 2.05) is 13.8 Å². The molecule has 0 aromatic rings. The second kappa shape index (κ2) is 4.04. The summed E-state index contributed by atoms with van der Waals surface area (Å²) in [6.45, 7) is 7.33. The molecule has 1 atom stereocenters. The van der Waals surface area contributed by atoms with Gasteiger partial charge in [-0.15, -0.1) is 0 Å². The van der Waals surface area contributed by atoms with Gasteiger partial charge in [-0.25, -0.2) is 0 Å². The van der Waals surface area contributed by atoms with E-state index in [2.05, 4.69) is 9.99 Å². The van der Waals surface area contributed by atoms with E-state index in [1.54, 1.807) is 13.8 Å². The van der Waals surface area contributed by atoms with Crippen LogP contribution in [0.2, 0.25) is 0 Å². The number of hydrogen-bond donors (Lipinski definition) is 0. The third-order valence-electron chi connectivity index (χ3n) is 1.07. The summed E-state index contributed by atoms with van der Waals surface area (Å²) in [5.74, 6) is -0.00926. The number of Topliss-reactive ketones (excluding diaryl/α,β-unsaturated/α-hetero) is 1. The summed E-state index contributed by atoms with van der Waals surface area (Å²) in [4.78, 5) is 15.3. The first-order chi connectivity index (χ1) is 4.72. The maximum atomic E-state index is 10.6. The number of oxime groups is 1. The van der Waals surface area contributed by atoms with Crippen LogP contribution in [0.3, 0.4) is 0 Å². The van der Waals surface area contributed by atoms with Crippen molar-refractivity contribution >= 4 is 11.5 Å². The van der Waals surface area contributed by atoms with E-state index in [-0.39, 0.29) is 11.9 Å². The molecule has 0 spiro atoms. The van der Waals surface area contributed by atoms with Crippen molar-refractivity contribution in [1.29, 1.82) is 0 Å². The van der Waals surface area contributed by atoms with Crippen LogP contribution in [-0.4, -0.2) is 17.6 Å². The third kappa shape index (κ3) is 1.83. The largest absolute Gasteiger partial charge is 0.384 e.